The predicted octanol–water partition coefficient (Wildman–Crippen LogP) is 4.12. The Morgan fingerprint density at radius 3 is 2.66 bits per heavy atom. The summed E-state index contributed by atoms with van der Waals surface area (Å²) in [6.07, 6.45) is 2.77. The predicted molar refractivity (Wildman–Crippen MR) is 125 cm³/mol. The zero-order valence-corrected chi connectivity index (χ0v) is 18.7. The van der Waals surface area contributed by atoms with Crippen molar-refractivity contribution in [3.8, 4) is 11.4 Å². The van der Waals surface area contributed by atoms with Gasteiger partial charge >= 0.3 is 6.18 Å². The fourth-order valence-electron chi connectivity index (χ4n) is 4.13. The van der Waals surface area contributed by atoms with Gasteiger partial charge in [-0.3, -0.25) is 5.10 Å². The van der Waals surface area contributed by atoms with Gasteiger partial charge in [-0.15, -0.1) is 0 Å². The molecule has 1 saturated carbocycles. The van der Waals surface area contributed by atoms with Crippen molar-refractivity contribution in [2.45, 2.75) is 50.5 Å². The molecule has 0 aliphatic heterocycles. The number of nitrogens with one attached hydrogen (secondary N) is 3. The second kappa shape index (κ2) is 9.45. The van der Waals surface area contributed by atoms with Gasteiger partial charge in [0, 0.05) is 31.0 Å². The summed E-state index contributed by atoms with van der Waals surface area (Å²) in [5.41, 5.74) is 7.40. The molecule has 182 valence electrons. The molecule has 0 amide bonds. The number of halogens is 3. The minimum atomic E-state index is -4.39. The zero-order valence-electron chi connectivity index (χ0n) is 18.7. The van der Waals surface area contributed by atoms with E-state index >= 15 is 0 Å². The van der Waals surface area contributed by atoms with Gasteiger partial charge in [0.05, 0.1) is 16.6 Å². The van der Waals surface area contributed by atoms with Crippen molar-refractivity contribution in [2.75, 3.05) is 10.6 Å². The topological polar surface area (TPSA) is 130 Å². The van der Waals surface area contributed by atoms with Gasteiger partial charge in [-0.05, 0) is 49.4 Å². The van der Waals surface area contributed by atoms with E-state index in [1.54, 1.807) is 24.5 Å². The normalized spacial score (nSPS) is 18.5. The summed E-state index contributed by atoms with van der Waals surface area (Å²) in [5.74, 6) is 0.796. The molecular formula is C23H24F3N9. The number of rotatable bonds is 6. The molecule has 1 aromatic carbocycles. The van der Waals surface area contributed by atoms with Crippen molar-refractivity contribution < 1.29 is 13.2 Å². The smallest absolute Gasteiger partial charge is 0.351 e. The van der Waals surface area contributed by atoms with E-state index in [0.29, 0.717) is 40.0 Å². The number of hydrogen-bond acceptors (Lipinski definition) is 8. The summed E-state index contributed by atoms with van der Waals surface area (Å²) < 4.78 is 38.9. The van der Waals surface area contributed by atoms with Crippen LogP contribution in [-0.2, 0) is 12.7 Å². The molecule has 0 spiro atoms. The number of aromatic nitrogens is 6. The second-order valence-corrected chi connectivity index (χ2v) is 8.60. The van der Waals surface area contributed by atoms with Crippen LogP contribution in [0.2, 0.25) is 0 Å². The van der Waals surface area contributed by atoms with Gasteiger partial charge < -0.3 is 16.4 Å². The molecule has 1 fully saturated rings. The van der Waals surface area contributed by atoms with Gasteiger partial charge in [0.2, 0.25) is 11.9 Å². The van der Waals surface area contributed by atoms with Crippen molar-refractivity contribution in [1.29, 1.82) is 0 Å². The molecule has 0 atom stereocenters. The van der Waals surface area contributed by atoms with Crippen LogP contribution in [-0.4, -0.2) is 42.2 Å². The van der Waals surface area contributed by atoms with Gasteiger partial charge in [-0.2, -0.15) is 23.3 Å². The maximum atomic E-state index is 13.0. The Morgan fingerprint density at radius 2 is 1.86 bits per heavy atom. The minimum absolute atomic E-state index is 0.138. The first-order chi connectivity index (χ1) is 16.8. The highest BCUT2D eigenvalue weighted by Crippen LogP contribution is 2.30. The molecule has 4 aromatic rings. The standard InChI is InChI=1S/C23H24F3N9/c24-23(25,26)14-3-1-2-13(10-14)11-29-21-28-9-8-18(32-21)19-17-12-30-22(33-20(17)35-34-19)31-16-6-4-15(27)5-7-16/h1-3,8-10,12,15-16H,4-7,11,27H2,(H,28,29,32)(H2,30,31,33,34,35)/t15-,16-. The molecular weight excluding hydrogens is 459 g/mol. The molecule has 3 heterocycles. The first-order valence-electron chi connectivity index (χ1n) is 11.3. The van der Waals surface area contributed by atoms with Gasteiger partial charge in [0.15, 0.2) is 5.65 Å². The lowest BCUT2D eigenvalue weighted by molar-refractivity contribution is -0.137. The van der Waals surface area contributed by atoms with Crippen LogP contribution in [0, 0.1) is 0 Å². The molecule has 1 aliphatic rings. The number of hydrogen-bond donors (Lipinski definition) is 4. The van der Waals surface area contributed by atoms with Crippen molar-refractivity contribution >= 4 is 22.9 Å². The number of anilines is 2. The molecule has 9 nitrogen and oxygen atoms in total. The van der Waals surface area contributed by atoms with Crippen LogP contribution in [0.15, 0.2) is 42.7 Å². The minimum Gasteiger partial charge on any atom is -0.351 e. The first kappa shape index (κ1) is 23.0. The summed E-state index contributed by atoms with van der Waals surface area (Å²) in [6.45, 7) is 0.138. The van der Waals surface area contributed by atoms with E-state index < -0.39 is 11.7 Å². The van der Waals surface area contributed by atoms with E-state index in [2.05, 4.69) is 40.8 Å². The summed E-state index contributed by atoms with van der Waals surface area (Å²) in [6, 6.07) is 7.38. The first-order valence-corrected chi connectivity index (χ1v) is 11.3. The van der Waals surface area contributed by atoms with Crippen molar-refractivity contribution in [3.05, 3.63) is 53.9 Å². The molecule has 0 radical (unpaired) electrons. The molecule has 0 saturated heterocycles. The number of nitrogens with zero attached hydrogens (tertiary/aromatic N) is 5. The van der Waals surface area contributed by atoms with Gasteiger partial charge in [0.1, 0.15) is 5.69 Å². The van der Waals surface area contributed by atoms with Gasteiger partial charge in [0.25, 0.3) is 0 Å². The molecule has 35 heavy (non-hydrogen) atoms. The van der Waals surface area contributed by atoms with Crippen LogP contribution in [0.25, 0.3) is 22.4 Å². The van der Waals surface area contributed by atoms with Gasteiger partial charge in [-0.1, -0.05) is 12.1 Å². The second-order valence-electron chi connectivity index (χ2n) is 8.60. The van der Waals surface area contributed by atoms with E-state index in [-0.39, 0.29) is 18.5 Å². The number of H-pyrrole nitrogens is 1. The largest absolute Gasteiger partial charge is 0.416 e. The quantitative estimate of drug-likeness (QED) is 0.322. The van der Waals surface area contributed by atoms with Gasteiger partial charge in [-0.25, -0.2) is 15.0 Å². The highest BCUT2D eigenvalue weighted by Gasteiger charge is 2.30. The average Bonchev–Trinajstić information content (AvgIpc) is 3.27. The van der Waals surface area contributed by atoms with Crippen molar-refractivity contribution in [1.82, 2.24) is 30.1 Å². The SMILES string of the molecule is N[C@H]1CC[C@H](Nc2ncc3c(-c4ccnc(NCc5cccc(C(F)(F)F)c5)n4)n[nH]c3n2)CC1. The highest BCUT2D eigenvalue weighted by molar-refractivity contribution is 5.89. The number of fused-ring (bicyclic) bond motifs is 1. The van der Waals surface area contributed by atoms with E-state index in [0.717, 1.165) is 37.8 Å². The van der Waals surface area contributed by atoms with Crippen LogP contribution < -0.4 is 16.4 Å². The highest BCUT2D eigenvalue weighted by atomic mass is 19.4. The number of alkyl halides is 3. The maximum Gasteiger partial charge on any atom is 0.416 e. The molecule has 3 aromatic heterocycles. The Balaban J connectivity index is 1.30. The summed E-state index contributed by atoms with van der Waals surface area (Å²) in [7, 11) is 0. The van der Waals surface area contributed by atoms with Crippen LogP contribution in [0.5, 0.6) is 0 Å². The third-order valence-corrected chi connectivity index (χ3v) is 6.03. The third-order valence-electron chi connectivity index (χ3n) is 6.03. The Labute approximate surface area is 198 Å². The van der Waals surface area contributed by atoms with E-state index in [9.17, 15) is 13.2 Å². The van der Waals surface area contributed by atoms with E-state index in [4.69, 9.17) is 5.73 Å². The maximum absolute atomic E-state index is 13.0. The van der Waals surface area contributed by atoms with Crippen LogP contribution in [0.4, 0.5) is 25.1 Å². The van der Waals surface area contributed by atoms with Crippen molar-refractivity contribution in [3.63, 3.8) is 0 Å². The van der Waals surface area contributed by atoms with Crippen LogP contribution in [0.3, 0.4) is 0 Å². The fourth-order valence-corrected chi connectivity index (χ4v) is 4.13. The Kier molecular flexibility index (Phi) is 6.20. The molecule has 5 N–H and O–H groups in total. The number of benzene rings is 1. The molecule has 1 aliphatic carbocycles. The monoisotopic (exact) mass is 483 g/mol. The Morgan fingerprint density at radius 1 is 1.03 bits per heavy atom. The molecule has 5 rings (SSSR count). The number of nitrogens with two attached hydrogens (primary N) is 1. The molecule has 0 unspecified atom stereocenters. The molecule has 12 heteroatoms. The fraction of sp³-hybridized carbons (Fsp3) is 0.348. The van der Waals surface area contributed by atoms with E-state index in [1.165, 1.54) is 6.07 Å². The number of aromatic amines is 1. The summed E-state index contributed by atoms with van der Waals surface area (Å²) in [4.78, 5) is 17.6. The summed E-state index contributed by atoms with van der Waals surface area (Å²) in [5, 5.41) is 14.3. The average molecular weight is 484 g/mol. The Bertz CT molecular complexity index is 1310. The lowest BCUT2D eigenvalue weighted by atomic mass is 9.92. The third kappa shape index (κ3) is 5.32. The van der Waals surface area contributed by atoms with Crippen molar-refractivity contribution in [2.24, 2.45) is 5.73 Å². The van der Waals surface area contributed by atoms with E-state index in [1.807, 2.05) is 0 Å². The zero-order chi connectivity index (χ0) is 24.4. The lowest BCUT2D eigenvalue weighted by Crippen LogP contribution is -2.33. The lowest BCUT2D eigenvalue weighted by Gasteiger charge is -2.26. The Hall–Kier alpha value is -3.80. The van der Waals surface area contributed by atoms with Crippen LogP contribution in [0.1, 0.15) is 36.8 Å². The van der Waals surface area contributed by atoms with Crippen LogP contribution >= 0.6 is 0 Å². The summed E-state index contributed by atoms with van der Waals surface area (Å²) >= 11 is 0. The molecule has 0 bridgehead atoms.